The predicted octanol–water partition coefficient (Wildman–Crippen LogP) is 3.01. The Hall–Kier alpha value is -3.76. The van der Waals surface area contributed by atoms with Crippen LogP contribution in [0.3, 0.4) is 0 Å². The number of nitrogens with one attached hydrogen (secondary N) is 1. The molecule has 0 aliphatic carbocycles. The van der Waals surface area contributed by atoms with Gasteiger partial charge in [0, 0.05) is 11.9 Å². The van der Waals surface area contributed by atoms with E-state index >= 15 is 0 Å². The fourth-order valence-electron chi connectivity index (χ4n) is 4.48. The number of anilines is 1. The van der Waals surface area contributed by atoms with Crippen LogP contribution in [0.5, 0.6) is 5.75 Å². The van der Waals surface area contributed by atoms with Crippen molar-refractivity contribution in [2.24, 2.45) is 0 Å². The molecular weight excluding hydrogens is 466 g/mol. The molecule has 4 aromatic rings. The quantitative estimate of drug-likeness (QED) is 0.424. The molecule has 1 amide bonds. The van der Waals surface area contributed by atoms with Crippen LogP contribution in [-0.2, 0) is 14.8 Å². The van der Waals surface area contributed by atoms with Crippen molar-refractivity contribution in [3.63, 3.8) is 0 Å². The molecular formula is C25H25N5O4S. The summed E-state index contributed by atoms with van der Waals surface area (Å²) in [7, 11) is -2.35. The fraction of sp³-hybridized carbons (Fsp3) is 0.240. The Bertz CT molecular complexity index is 1560. The minimum Gasteiger partial charge on any atom is -0.497 e. The van der Waals surface area contributed by atoms with Crippen LogP contribution >= 0.6 is 0 Å². The van der Waals surface area contributed by atoms with Crippen LogP contribution in [0, 0.1) is 0 Å². The van der Waals surface area contributed by atoms with Crippen LogP contribution in [0.2, 0.25) is 0 Å². The average molecular weight is 492 g/mol. The third-order valence-electron chi connectivity index (χ3n) is 6.51. The Kier molecular flexibility index (Phi) is 5.78. The number of ether oxygens (including phenoxy) is 1. The standard InChI is InChI=1S/C25H25N5O4S/c1-15(17-5-8-22-21(13-17)24(26)28-14-27-22)30-10-9-23(25(30)31)29-35(32,33)20-7-4-16-3-6-19(34-2)11-18(16)12-20/h3-8,11-15,23,29H,9-10H2,1-2H3,(H2,26,27,28)/t15?,23-/m0/s1. The molecule has 3 aromatic carbocycles. The van der Waals surface area contributed by atoms with E-state index in [0.717, 1.165) is 21.9 Å². The van der Waals surface area contributed by atoms with Crippen molar-refractivity contribution < 1.29 is 17.9 Å². The molecule has 0 spiro atoms. The molecule has 1 aliphatic rings. The summed E-state index contributed by atoms with van der Waals surface area (Å²) in [5, 5.41) is 2.34. The van der Waals surface area contributed by atoms with Gasteiger partial charge in [-0.3, -0.25) is 4.79 Å². The lowest BCUT2D eigenvalue weighted by Gasteiger charge is -2.25. The highest BCUT2D eigenvalue weighted by molar-refractivity contribution is 7.89. The third-order valence-corrected chi connectivity index (χ3v) is 7.98. The Morgan fingerprint density at radius 3 is 2.69 bits per heavy atom. The molecule has 1 saturated heterocycles. The van der Waals surface area contributed by atoms with Crippen molar-refractivity contribution in [3.8, 4) is 5.75 Å². The number of nitrogen functional groups attached to an aromatic ring is 1. The van der Waals surface area contributed by atoms with Crippen molar-refractivity contribution in [3.05, 3.63) is 66.5 Å². The minimum absolute atomic E-state index is 0.0996. The summed E-state index contributed by atoms with van der Waals surface area (Å²) < 4.78 is 34.1. The number of hydrogen-bond donors (Lipinski definition) is 2. The number of methoxy groups -OCH3 is 1. The smallest absolute Gasteiger partial charge is 0.241 e. The highest BCUT2D eigenvalue weighted by Crippen LogP contribution is 2.30. The molecule has 35 heavy (non-hydrogen) atoms. The molecule has 9 nitrogen and oxygen atoms in total. The molecule has 10 heteroatoms. The highest BCUT2D eigenvalue weighted by Gasteiger charge is 2.37. The predicted molar refractivity (Wildman–Crippen MR) is 133 cm³/mol. The molecule has 3 N–H and O–H groups in total. The van der Waals surface area contributed by atoms with Gasteiger partial charge in [-0.1, -0.05) is 18.2 Å². The van der Waals surface area contributed by atoms with Gasteiger partial charge in [0.15, 0.2) is 0 Å². The molecule has 1 aliphatic heterocycles. The first-order chi connectivity index (χ1) is 16.8. The molecule has 0 radical (unpaired) electrons. The molecule has 5 rings (SSSR count). The number of nitrogens with two attached hydrogens (primary N) is 1. The monoisotopic (exact) mass is 491 g/mol. The zero-order valence-corrected chi connectivity index (χ0v) is 20.1. The molecule has 1 unspecified atom stereocenters. The van der Waals surface area contributed by atoms with Crippen LogP contribution in [-0.4, -0.2) is 48.9 Å². The maximum Gasteiger partial charge on any atom is 0.241 e. The Balaban J connectivity index is 1.35. The van der Waals surface area contributed by atoms with E-state index in [2.05, 4.69) is 14.7 Å². The van der Waals surface area contributed by atoms with Gasteiger partial charge >= 0.3 is 0 Å². The molecule has 0 bridgehead atoms. The second kappa shape index (κ2) is 8.79. The first kappa shape index (κ1) is 23.0. The van der Waals surface area contributed by atoms with E-state index in [4.69, 9.17) is 10.5 Å². The van der Waals surface area contributed by atoms with Crippen molar-refractivity contribution in [2.45, 2.75) is 30.3 Å². The van der Waals surface area contributed by atoms with Gasteiger partial charge < -0.3 is 15.4 Å². The fourth-order valence-corrected chi connectivity index (χ4v) is 5.74. The van der Waals surface area contributed by atoms with Crippen LogP contribution in [0.1, 0.15) is 24.9 Å². The number of sulfonamides is 1. The van der Waals surface area contributed by atoms with Gasteiger partial charge in [-0.05, 0) is 66.1 Å². The maximum absolute atomic E-state index is 13.2. The van der Waals surface area contributed by atoms with Gasteiger partial charge in [0.05, 0.1) is 23.6 Å². The largest absolute Gasteiger partial charge is 0.497 e. The zero-order chi connectivity index (χ0) is 24.7. The number of benzene rings is 3. The van der Waals surface area contributed by atoms with Crippen LogP contribution in [0.25, 0.3) is 21.7 Å². The number of fused-ring (bicyclic) bond motifs is 2. The van der Waals surface area contributed by atoms with Crippen LogP contribution < -0.4 is 15.2 Å². The van der Waals surface area contributed by atoms with E-state index in [1.807, 2.05) is 37.3 Å². The zero-order valence-electron chi connectivity index (χ0n) is 19.3. The number of amides is 1. The molecule has 1 aromatic heterocycles. The van der Waals surface area contributed by atoms with Crippen LogP contribution in [0.4, 0.5) is 5.82 Å². The van der Waals surface area contributed by atoms with Crippen molar-refractivity contribution in [1.29, 1.82) is 0 Å². The summed E-state index contributed by atoms with van der Waals surface area (Å²) in [5.74, 6) is 0.744. The van der Waals surface area contributed by atoms with Gasteiger partial charge in [0.2, 0.25) is 15.9 Å². The van der Waals surface area contributed by atoms with E-state index in [0.29, 0.717) is 29.9 Å². The number of aromatic nitrogens is 2. The Morgan fingerprint density at radius 2 is 1.89 bits per heavy atom. The second-order valence-electron chi connectivity index (χ2n) is 8.58. The van der Waals surface area contributed by atoms with E-state index in [1.165, 1.54) is 6.33 Å². The van der Waals surface area contributed by atoms with Crippen molar-refractivity contribution in [2.75, 3.05) is 19.4 Å². The summed E-state index contributed by atoms with van der Waals surface area (Å²) in [4.78, 5) is 23.2. The molecule has 0 saturated carbocycles. The number of hydrogen-bond acceptors (Lipinski definition) is 7. The first-order valence-electron chi connectivity index (χ1n) is 11.2. The SMILES string of the molecule is COc1ccc2ccc(S(=O)(=O)N[C@H]3CCN(C(C)c4ccc5ncnc(N)c5c4)C3=O)cc2c1. The lowest BCUT2D eigenvalue weighted by Crippen LogP contribution is -2.42. The van der Waals surface area contributed by atoms with Gasteiger partial charge in [-0.2, -0.15) is 4.72 Å². The molecule has 180 valence electrons. The first-order valence-corrected chi connectivity index (χ1v) is 12.7. The number of likely N-dealkylation sites (tertiary alicyclic amines) is 1. The maximum atomic E-state index is 13.2. The molecule has 2 heterocycles. The van der Waals surface area contributed by atoms with E-state index in [1.54, 1.807) is 36.3 Å². The summed E-state index contributed by atoms with van der Waals surface area (Å²) in [5.41, 5.74) is 7.58. The number of nitrogens with zero attached hydrogens (tertiary/aromatic N) is 3. The van der Waals surface area contributed by atoms with Gasteiger partial charge in [-0.15, -0.1) is 0 Å². The molecule has 1 fully saturated rings. The summed E-state index contributed by atoms with van der Waals surface area (Å²) >= 11 is 0. The van der Waals surface area contributed by atoms with Crippen molar-refractivity contribution >= 4 is 43.4 Å². The Morgan fingerprint density at radius 1 is 1.09 bits per heavy atom. The highest BCUT2D eigenvalue weighted by atomic mass is 32.2. The summed E-state index contributed by atoms with van der Waals surface area (Å²) in [6.45, 7) is 2.34. The normalized spacial score (nSPS) is 17.3. The third kappa shape index (κ3) is 4.26. The topological polar surface area (TPSA) is 128 Å². The number of rotatable bonds is 6. The number of carbonyl (C=O) groups is 1. The number of carbonyl (C=O) groups excluding carboxylic acids is 1. The van der Waals surface area contributed by atoms with E-state index < -0.39 is 16.1 Å². The average Bonchev–Trinajstić information content (AvgIpc) is 3.22. The minimum atomic E-state index is -3.91. The van der Waals surface area contributed by atoms with Gasteiger partial charge in [0.1, 0.15) is 23.9 Å². The second-order valence-corrected chi connectivity index (χ2v) is 10.3. The lowest BCUT2D eigenvalue weighted by molar-refractivity contribution is -0.130. The summed E-state index contributed by atoms with van der Waals surface area (Å²) in [6, 6.07) is 14.8. The van der Waals surface area contributed by atoms with E-state index in [-0.39, 0.29) is 16.8 Å². The lowest BCUT2D eigenvalue weighted by atomic mass is 10.0. The summed E-state index contributed by atoms with van der Waals surface area (Å²) in [6.07, 6.45) is 1.79. The van der Waals surface area contributed by atoms with Crippen LogP contribution in [0.15, 0.2) is 65.8 Å². The Labute approximate surface area is 203 Å². The van der Waals surface area contributed by atoms with Gasteiger partial charge in [-0.25, -0.2) is 18.4 Å². The van der Waals surface area contributed by atoms with E-state index in [9.17, 15) is 13.2 Å². The molecule has 2 atom stereocenters. The van der Waals surface area contributed by atoms with Gasteiger partial charge in [0.25, 0.3) is 0 Å². The van der Waals surface area contributed by atoms with Crippen molar-refractivity contribution in [1.82, 2.24) is 19.6 Å².